The summed E-state index contributed by atoms with van der Waals surface area (Å²) in [6.45, 7) is 2.22. The highest BCUT2D eigenvalue weighted by molar-refractivity contribution is 5.94. The molecule has 21 heavy (non-hydrogen) atoms. The predicted molar refractivity (Wildman–Crippen MR) is 82.6 cm³/mol. The summed E-state index contributed by atoms with van der Waals surface area (Å²) in [4.78, 5) is 15.0. The highest BCUT2D eigenvalue weighted by Crippen LogP contribution is 2.27. The monoisotopic (exact) mass is 287 g/mol. The molecule has 7 nitrogen and oxygen atoms in total. The molecule has 0 spiro atoms. The molecule has 4 N–H and O–H groups in total. The maximum atomic E-state index is 10.6. The topological polar surface area (TPSA) is 102 Å². The van der Waals surface area contributed by atoms with E-state index in [2.05, 4.69) is 20.8 Å². The SMILES string of the molecule is COc1cc(NC/C(C)=N\NC(N)=O)c2ncccc2c1. The number of urea groups is 1. The van der Waals surface area contributed by atoms with Crippen molar-refractivity contribution in [3.8, 4) is 5.75 Å². The largest absolute Gasteiger partial charge is 0.497 e. The molecule has 0 fully saturated rings. The van der Waals surface area contributed by atoms with Crippen molar-refractivity contribution in [3.05, 3.63) is 30.5 Å². The van der Waals surface area contributed by atoms with E-state index in [-0.39, 0.29) is 0 Å². The van der Waals surface area contributed by atoms with Crippen molar-refractivity contribution in [2.75, 3.05) is 19.0 Å². The quantitative estimate of drug-likeness (QED) is 0.575. The molecule has 0 aliphatic rings. The number of carbonyl (C=O) groups is 1. The number of nitrogens with two attached hydrogens (primary N) is 1. The molecule has 0 saturated heterocycles. The second-order valence-electron chi connectivity index (χ2n) is 4.43. The molecule has 110 valence electrons. The average Bonchev–Trinajstić information content (AvgIpc) is 2.50. The van der Waals surface area contributed by atoms with Gasteiger partial charge in [0.15, 0.2) is 0 Å². The van der Waals surface area contributed by atoms with Crippen molar-refractivity contribution >= 4 is 28.3 Å². The average molecular weight is 287 g/mol. The number of rotatable bonds is 5. The summed E-state index contributed by atoms with van der Waals surface area (Å²) in [5.41, 5.74) is 9.50. The van der Waals surface area contributed by atoms with Crippen molar-refractivity contribution < 1.29 is 9.53 Å². The number of primary amides is 1. The van der Waals surface area contributed by atoms with Crippen LogP contribution < -0.4 is 21.2 Å². The van der Waals surface area contributed by atoms with E-state index < -0.39 is 6.03 Å². The number of pyridine rings is 1. The van der Waals surface area contributed by atoms with E-state index in [4.69, 9.17) is 10.5 Å². The normalized spacial score (nSPS) is 11.2. The lowest BCUT2D eigenvalue weighted by Gasteiger charge is -2.11. The first-order chi connectivity index (χ1) is 10.1. The van der Waals surface area contributed by atoms with Crippen LogP contribution in [0.5, 0.6) is 5.75 Å². The zero-order valence-electron chi connectivity index (χ0n) is 11.9. The van der Waals surface area contributed by atoms with Crippen LogP contribution in [0.15, 0.2) is 35.6 Å². The smallest absolute Gasteiger partial charge is 0.332 e. The lowest BCUT2D eigenvalue weighted by atomic mass is 10.1. The third-order valence-corrected chi connectivity index (χ3v) is 2.81. The molecule has 1 aromatic heterocycles. The minimum Gasteiger partial charge on any atom is -0.497 e. The van der Waals surface area contributed by atoms with Gasteiger partial charge in [-0.25, -0.2) is 10.2 Å². The molecule has 0 radical (unpaired) electrons. The fraction of sp³-hybridized carbons (Fsp3) is 0.214. The number of amides is 2. The number of benzene rings is 1. The summed E-state index contributed by atoms with van der Waals surface area (Å²) < 4.78 is 5.28. The molecular weight excluding hydrogens is 270 g/mol. The number of hydrazone groups is 1. The van der Waals surface area contributed by atoms with Crippen LogP contribution in [0.1, 0.15) is 6.92 Å². The Kier molecular flexibility index (Phi) is 4.55. The number of carbonyl (C=O) groups excluding carboxylic acids is 1. The number of ether oxygens (including phenoxy) is 1. The summed E-state index contributed by atoms with van der Waals surface area (Å²) >= 11 is 0. The van der Waals surface area contributed by atoms with Gasteiger partial charge in [0.25, 0.3) is 0 Å². The molecule has 0 aliphatic carbocycles. The molecule has 2 amide bonds. The summed E-state index contributed by atoms with van der Waals surface area (Å²) in [5, 5.41) is 8.04. The van der Waals surface area contributed by atoms with Gasteiger partial charge in [0.05, 0.1) is 30.6 Å². The van der Waals surface area contributed by atoms with Crippen molar-refractivity contribution in [2.24, 2.45) is 10.8 Å². The molecule has 7 heteroatoms. The number of nitrogens with zero attached hydrogens (tertiary/aromatic N) is 2. The van der Waals surface area contributed by atoms with Gasteiger partial charge in [0.1, 0.15) is 5.75 Å². The van der Waals surface area contributed by atoms with Crippen LogP contribution in [0, 0.1) is 0 Å². The third-order valence-electron chi connectivity index (χ3n) is 2.81. The maximum absolute atomic E-state index is 10.6. The van der Waals surface area contributed by atoms with E-state index in [1.165, 1.54) is 0 Å². The highest BCUT2D eigenvalue weighted by Gasteiger charge is 2.05. The number of methoxy groups -OCH3 is 1. The first-order valence-electron chi connectivity index (χ1n) is 6.35. The van der Waals surface area contributed by atoms with Gasteiger partial charge in [0, 0.05) is 17.6 Å². The molecule has 0 saturated carbocycles. The molecule has 1 heterocycles. The van der Waals surface area contributed by atoms with Gasteiger partial charge in [-0.15, -0.1) is 0 Å². The number of nitrogens with one attached hydrogen (secondary N) is 2. The van der Waals surface area contributed by atoms with Crippen LogP contribution in [0.4, 0.5) is 10.5 Å². The summed E-state index contributed by atoms with van der Waals surface area (Å²) in [7, 11) is 1.62. The van der Waals surface area contributed by atoms with Gasteiger partial charge in [-0.2, -0.15) is 5.10 Å². The van der Waals surface area contributed by atoms with Crippen molar-refractivity contribution in [1.82, 2.24) is 10.4 Å². The van der Waals surface area contributed by atoms with Gasteiger partial charge < -0.3 is 15.8 Å². The van der Waals surface area contributed by atoms with E-state index in [0.29, 0.717) is 12.3 Å². The van der Waals surface area contributed by atoms with Crippen molar-refractivity contribution in [2.45, 2.75) is 6.92 Å². The summed E-state index contributed by atoms with van der Waals surface area (Å²) in [6, 6.07) is 6.93. The second-order valence-corrected chi connectivity index (χ2v) is 4.43. The van der Waals surface area contributed by atoms with E-state index in [9.17, 15) is 4.79 Å². The Morgan fingerprint density at radius 2 is 2.29 bits per heavy atom. The molecule has 2 aromatic rings. The number of anilines is 1. The first kappa shape index (κ1) is 14.6. The molecule has 0 unspecified atom stereocenters. The number of fused-ring (bicyclic) bond motifs is 1. The highest BCUT2D eigenvalue weighted by atomic mass is 16.5. The summed E-state index contributed by atoms with van der Waals surface area (Å²) in [6.07, 6.45) is 1.73. The number of hydrogen-bond donors (Lipinski definition) is 3. The number of aromatic nitrogens is 1. The van der Waals surface area contributed by atoms with E-state index >= 15 is 0 Å². The standard InChI is InChI=1S/C14H17N5O2/c1-9(18-19-14(15)20)8-17-12-7-11(21-2)6-10-4-3-5-16-13(10)12/h3-7,17H,8H2,1-2H3,(H3,15,19,20)/b18-9-. The lowest BCUT2D eigenvalue weighted by Crippen LogP contribution is -2.26. The third kappa shape index (κ3) is 3.82. The Balaban J connectivity index is 2.21. The van der Waals surface area contributed by atoms with Gasteiger partial charge in [0.2, 0.25) is 0 Å². The minimum atomic E-state index is -0.692. The number of hydrogen-bond acceptors (Lipinski definition) is 5. The van der Waals surface area contributed by atoms with Crippen LogP contribution >= 0.6 is 0 Å². The Morgan fingerprint density at radius 3 is 3.00 bits per heavy atom. The Hall–Kier alpha value is -2.83. The first-order valence-corrected chi connectivity index (χ1v) is 6.35. The van der Waals surface area contributed by atoms with Crippen LogP contribution in [-0.2, 0) is 0 Å². The van der Waals surface area contributed by atoms with E-state index in [1.54, 1.807) is 20.2 Å². The molecular formula is C14H17N5O2. The molecule has 0 aliphatic heterocycles. The molecule has 2 rings (SSSR count). The van der Waals surface area contributed by atoms with Gasteiger partial charge in [-0.1, -0.05) is 6.07 Å². The van der Waals surface area contributed by atoms with Crippen LogP contribution in [0.2, 0.25) is 0 Å². The van der Waals surface area contributed by atoms with Gasteiger partial charge in [-0.3, -0.25) is 4.98 Å². The van der Waals surface area contributed by atoms with E-state index in [1.807, 2.05) is 24.3 Å². The molecule has 1 aromatic carbocycles. The van der Waals surface area contributed by atoms with Gasteiger partial charge >= 0.3 is 6.03 Å². The zero-order valence-corrected chi connectivity index (χ0v) is 11.9. The fourth-order valence-electron chi connectivity index (χ4n) is 1.83. The molecule has 0 bridgehead atoms. The lowest BCUT2D eigenvalue weighted by molar-refractivity contribution is 0.249. The van der Waals surface area contributed by atoms with Crippen molar-refractivity contribution in [3.63, 3.8) is 0 Å². The zero-order chi connectivity index (χ0) is 15.2. The molecule has 0 atom stereocenters. The van der Waals surface area contributed by atoms with E-state index in [0.717, 1.165) is 22.3 Å². The van der Waals surface area contributed by atoms with Crippen molar-refractivity contribution in [1.29, 1.82) is 0 Å². The maximum Gasteiger partial charge on any atom is 0.332 e. The second kappa shape index (κ2) is 6.56. The summed E-state index contributed by atoms with van der Waals surface area (Å²) in [5.74, 6) is 0.739. The van der Waals surface area contributed by atoms with Crippen LogP contribution in [0.25, 0.3) is 10.9 Å². The van der Waals surface area contributed by atoms with Crippen LogP contribution in [-0.4, -0.2) is 30.4 Å². The predicted octanol–water partition coefficient (Wildman–Crippen LogP) is 1.70. The fourth-order valence-corrected chi connectivity index (χ4v) is 1.83. The van der Waals surface area contributed by atoms with Crippen LogP contribution in [0.3, 0.4) is 0 Å². The Bertz CT molecular complexity index is 684. The Morgan fingerprint density at radius 1 is 1.48 bits per heavy atom. The Labute approximate surface area is 122 Å². The minimum absolute atomic E-state index is 0.444. The van der Waals surface area contributed by atoms with Gasteiger partial charge in [-0.05, 0) is 19.1 Å².